The maximum absolute atomic E-state index is 13.5. The Bertz CT molecular complexity index is 1140. The van der Waals surface area contributed by atoms with Crippen molar-refractivity contribution >= 4 is 35.1 Å². The van der Waals surface area contributed by atoms with Crippen LogP contribution in [0.25, 0.3) is 0 Å². The quantitative estimate of drug-likeness (QED) is 0.476. The number of fused-ring (bicyclic) bond motifs is 1. The fourth-order valence-corrected chi connectivity index (χ4v) is 4.98. The third kappa shape index (κ3) is 4.32. The number of imide groups is 1. The summed E-state index contributed by atoms with van der Waals surface area (Å²) >= 11 is 6.25. The molecule has 3 atom stereocenters. The summed E-state index contributed by atoms with van der Waals surface area (Å²) in [5.74, 6) is -2.41. The van der Waals surface area contributed by atoms with Crippen molar-refractivity contribution in [2.45, 2.75) is 40.0 Å². The molecule has 1 saturated heterocycles. The molecule has 1 heterocycles. The van der Waals surface area contributed by atoms with Gasteiger partial charge in [-0.25, -0.2) is 5.01 Å². The third-order valence-corrected chi connectivity index (χ3v) is 7.20. The van der Waals surface area contributed by atoms with Gasteiger partial charge in [-0.3, -0.25) is 19.2 Å². The molecule has 2 fully saturated rings. The molecule has 2 aromatic rings. The fraction of sp³-hybridized carbons (Fsp3) is 0.385. The van der Waals surface area contributed by atoms with Crippen molar-refractivity contribution in [1.82, 2.24) is 10.0 Å². The third-order valence-electron chi connectivity index (χ3n) is 6.87. The molecule has 0 unspecified atom stereocenters. The Kier molecular flexibility index (Phi) is 6.39. The van der Waals surface area contributed by atoms with E-state index in [1.165, 1.54) is 6.07 Å². The number of Topliss-reactive ketones (excluding diaryl/α,β-unsaturated/α-hetero) is 1. The van der Waals surface area contributed by atoms with Crippen LogP contribution in [-0.2, 0) is 9.59 Å². The molecule has 1 aliphatic carbocycles. The molecule has 1 aliphatic heterocycles. The zero-order valence-electron chi connectivity index (χ0n) is 19.0. The van der Waals surface area contributed by atoms with Gasteiger partial charge >= 0.3 is 0 Å². The Balaban J connectivity index is 1.71. The van der Waals surface area contributed by atoms with Gasteiger partial charge in [0.05, 0.1) is 22.4 Å². The normalized spacial score (nSPS) is 22.3. The highest BCUT2D eigenvalue weighted by Gasteiger charge is 2.52. The van der Waals surface area contributed by atoms with Gasteiger partial charge in [0.15, 0.2) is 5.78 Å². The van der Waals surface area contributed by atoms with E-state index in [9.17, 15) is 19.2 Å². The molecule has 0 radical (unpaired) electrons. The molecule has 2 aromatic carbocycles. The van der Waals surface area contributed by atoms with Crippen LogP contribution >= 0.6 is 11.6 Å². The van der Waals surface area contributed by atoms with Gasteiger partial charge in [-0.15, -0.1) is 0 Å². The molecule has 1 saturated carbocycles. The van der Waals surface area contributed by atoms with Crippen molar-refractivity contribution < 1.29 is 19.2 Å². The zero-order valence-corrected chi connectivity index (χ0v) is 19.8. The van der Waals surface area contributed by atoms with Gasteiger partial charge < -0.3 is 0 Å². The molecular formula is C26H27ClN2O4. The number of hydrazine groups is 1. The molecular weight excluding hydrogens is 440 g/mol. The molecule has 33 heavy (non-hydrogen) atoms. The first-order chi connectivity index (χ1) is 15.7. The lowest BCUT2D eigenvalue weighted by Gasteiger charge is -2.30. The molecule has 6 nitrogen and oxygen atoms in total. The van der Waals surface area contributed by atoms with E-state index in [0.29, 0.717) is 24.3 Å². The van der Waals surface area contributed by atoms with Crippen molar-refractivity contribution in [2.24, 2.45) is 17.8 Å². The predicted octanol–water partition coefficient (Wildman–Crippen LogP) is 4.62. The average Bonchev–Trinajstić information content (AvgIpc) is 3.03. The first kappa shape index (κ1) is 23.2. The van der Waals surface area contributed by atoms with Gasteiger partial charge in [0, 0.05) is 5.56 Å². The Hall–Kier alpha value is -2.99. The number of nitrogens with zero attached hydrogens (tertiary/aromatic N) is 2. The summed E-state index contributed by atoms with van der Waals surface area (Å²) in [5.41, 5.74) is 2.54. The van der Waals surface area contributed by atoms with Crippen molar-refractivity contribution in [3.63, 3.8) is 0 Å². The molecule has 0 spiro atoms. The van der Waals surface area contributed by atoms with Crippen LogP contribution in [-0.4, -0.2) is 40.1 Å². The van der Waals surface area contributed by atoms with Crippen LogP contribution in [0.5, 0.6) is 0 Å². The summed E-state index contributed by atoms with van der Waals surface area (Å²) in [7, 11) is 0. The Morgan fingerprint density at radius 1 is 1.00 bits per heavy atom. The summed E-state index contributed by atoms with van der Waals surface area (Å²) < 4.78 is 0. The molecule has 2 aliphatic rings. The van der Waals surface area contributed by atoms with E-state index < -0.39 is 36.1 Å². The summed E-state index contributed by atoms with van der Waals surface area (Å²) in [5, 5.41) is 2.10. The minimum absolute atomic E-state index is 0.135. The number of rotatable bonds is 5. The minimum Gasteiger partial charge on any atom is -0.292 e. The number of carbonyl (C=O) groups is 4. The minimum atomic E-state index is -0.647. The van der Waals surface area contributed by atoms with Crippen LogP contribution in [0.2, 0.25) is 5.02 Å². The summed E-state index contributed by atoms with van der Waals surface area (Å²) in [4.78, 5) is 53.4. The lowest BCUT2D eigenvalue weighted by Crippen LogP contribution is -2.52. The van der Waals surface area contributed by atoms with Crippen LogP contribution in [0.3, 0.4) is 0 Å². The van der Waals surface area contributed by atoms with E-state index in [0.717, 1.165) is 27.6 Å². The molecule has 0 aromatic heterocycles. The second kappa shape index (κ2) is 9.10. The Morgan fingerprint density at radius 3 is 2.39 bits per heavy atom. The number of aryl methyl sites for hydroxylation is 2. The second-order valence-corrected chi connectivity index (χ2v) is 9.59. The number of hydrogen-bond donors (Lipinski definition) is 0. The Labute approximate surface area is 198 Å². The van der Waals surface area contributed by atoms with Crippen molar-refractivity contribution in [1.29, 1.82) is 0 Å². The van der Waals surface area contributed by atoms with Gasteiger partial charge in [0.2, 0.25) is 0 Å². The molecule has 4 rings (SSSR count). The standard InChI is InChI=1S/C26H27ClN2O4/c1-15-8-11-19-21(12-15)26(33)29(25(19)32)28(24(31)20-6-4-5-7-22(20)27)14-23(30)18-10-9-16(2)17(3)13-18/h4-7,9-10,13,15,19,21H,8,11-12,14H2,1-3H3/t15-,19-,21-/m1/s1. The van der Waals surface area contributed by atoms with E-state index in [1.54, 1.807) is 30.3 Å². The van der Waals surface area contributed by atoms with Crippen molar-refractivity contribution in [3.8, 4) is 0 Å². The average molecular weight is 467 g/mol. The number of ketones is 1. The first-order valence-corrected chi connectivity index (χ1v) is 11.6. The molecule has 0 N–H and O–H groups in total. The second-order valence-electron chi connectivity index (χ2n) is 9.18. The summed E-state index contributed by atoms with van der Waals surface area (Å²) in [6, 6.07) is 11.7. The SMILES string of the molecule is Cc1ccc(C(=O)CN(C(=O)c2ccccc2Cl)N2C(=O)[C@@H]3CC[C@@H](C)C[C@H]3C2=O)cc1C. The molecule has 0 bridgehead atoms. The smallest absolute Gasteiger partial charge is 0.274 e. The highest BCUT2D eigenvalue weighted by Crippen LogP contribution is 2.41. The van der Waals surface area contributed by atoms with E-state index in [1.807, 2.05) is 19.9 Å². The highest BCUT2D eigenvalue weighted by molar-refractivity contribution is 6.34. The van der Waals surface area contributed by atoms with Gasteiger partial charge in [-0.2, -0.15) is 5.01 Å². The molecule has 172 valence electrons. The van der Waals surface area contributed by atoms with Crippen molar-refractivity contribution in [2.75, 3.05) is 6.54 Å². The molecule has 7 heteroatoms. The molecule has 3 amide bonds. The lowest BCUT2D eigenvalue weighted by molar-refractivity contribution is -0.154. The van der Waals surface area contributed by atoms with Gasteiger partial charge in [-0.05, 0) is 68.4 Å². The van der Waals surface area contributed by atoms with Crippen LogP contribution in [0.4, 0.5) is 0 Å². The highest BCUT2D eigenvalue weighted by atomic mass is 35.5. The van der Waals surface area contributed by atoms with E-state index in [4.69, 9.17) is 11.6 Å². The van der Waals surface area contributed by atoms with Crippen LogP contribution in [0.1, 0.15) is 58.0 Å². The van der Waals surface area contributed by atoms with Crippen LogP contribution in [0.15, 0.2) is 42.5 Å². The number of carbonyl (C=O) groups excluding carboxylic acids is 4. The maximum atomic E-state index is 13.5. The maximum Gasteiger partial charge on any atom is 0.274 e. The zero-order chi connectivity index (χ0) is 23.9. The summed E-state index contributed by atoms with van der Waals surface area (Å²) in [6.07, 6.45) is 2.06. The number of amides is 3. The largest absolute Gasteiger partial charge is 0.292 e. The first-order valence-electron chi connectivity index (χ1n) is 11.2. The fourth-order valence-electron chi connectivity index (χ4n) is 4.76. The predicted molar refractivity (Wildman–Crippen MR) is 125 cm³/mol. The lowest BCUT2D eigenvalue weighted by atomic mass is 9.76. The van der Waals surface area contributed by atoms with Gasteiger partial charge in [0.1, 0.15) is 6.54 Å². The monoisotopic (exact) mass is 466 g/mol. The number of hydrogen-bond acceptors (Lipinski definition) is 4. The summed E-state index contributed by atoms with van der Waals surface area (Å²) in [6.45, 7) is 5.48. The topological polar surface area (TPSA) is 74.8 Å². The van der Waals surface area contributed by atoms with Crippen molar-refractivity contribution in [3.05, 3.63) is 69.7 Å². The van der Waals surface area contributed by atoms with Crippen LogP contribution in [0, 0.1) is 31.6 Å². The Morgan fingerprint density at radius 2 is 1.70 bits per heavy atom. The number of benzene rings is 2. The van der Waals surface area contributed by atoms with Gasteiger partial charge in [-0.1, -0.05) is 42.8 Å². The van der Waals surface area contributed by atoms with E-state index in [2.05, 4.69) is 6.92 Å². The van der Waals surface area contributed by atoms with E-state index in [-0.39, 0.29) is 16.4 Å². The van der Waals surface area contributed by atoms with Gasteiger partial charge in [0.25, 0.3) is 17.7 Å². The van der Waals surface area contributed by atoms with Crippen LogP contribution < -0.4 is 0 Å². The van der Waals surface area contributed by atoms with E-state index >= 15 is 0 Å². The number of halogens is 1.